The molecule has 46 heavy (non-hydrogen) atoms. The lowest BCUT2D eigenvalue weighted by molar-refractivity contribution is -0.148. The second kappa shape index (κ2) is 11.6. The highest BCUT2D eigenvalue weighted by atomic mass is 19.1. The standard InChI is InChI=1S/C33H34FN5O7/c1-3-17-19-8-25-29-20(11-39(25)32(43)21(19)12-45-33(17)44)28-23(7-6-18-15(2)22(34)9-24(37-29)27(18)28)38-31(42)30(16-4-5-16)46-14-36-26(41)10-35-13-40/h8-9,13,16-17,23,30H,3-7,10-12,14H2,1-2H3,(H,35,40)(H,36,41)(H,38,42). The Hall–Kier alpha value is -4.65. The highest BCUT2D eigenvalue weighted by molar-refractivity contribution is 5.94. The number of benzene rings is 1. The van der Waals surface area contributed by atoms with Crippen LogP contribution in [0.2, 0.25) is 0 Å². The van der Waals surface area contributed by atoms with Crippen LogP contribution in [0.15, 0.2) is 16.9 Å². The number of amides is 3. The van der Waals surface area contributed by atoms with Gasteiger partial charge < -0.3 is 30.0 Å². The molecular formula is C33H34FN5O7. The van der Waals surface area contributed by atoms with Crippen molar-refractivity contribution in [2.24, 2.45) is 5.92 Å². The van der Waals surface area contributed by atoms with Gasteiger partial charge in [-0.3, -0.25) is 24.0 Å². The summed E-state index contributed by atoms with van der Waals surface area (Å²) in [6.45, 7) is 3.34. The predicted molar refractivity (Wildman–Crippen MR) is 162 cm³/mol. The van der Waals surface area contributed by atoms with Crippen LogP contribution < -0.4 is 21.5 Å². The predicted octanol–water partition coefficient (Wildman–Crippen LogP) is 2.14. The van der Waals surface area contributed by atoms with Gasteiger partial charge in [-0.05, 0) is 73.3 Å². The van der Waals surface area contributed by atoms with E-state index in [0.29, 0.717) is 59.3 Å². The molecule has 4 aliphatic rings. The third-order valence-corrected chi connectivity index (χ3v) is 9.70. The van der Waals surface area contributed by atoms with E-state index in [2.05, 4.69) is 16.0 Å². The first-order valence-electron chi connectivity index (χ1n) is 15.7. The zero-order valence-corrected chi connectivity index (χ0v) is 25.5. The molecule has 0 radical (unpaired) electrons. The molecule has 0 spiro atoms. The van der Waals surface area contributed by atoms with Crippen molar-refractivity contribution in [3.8, 4) is 11.4 Å². The fraction of sp³-hybridized carbons (Fsp3) is 0.455. The minimum Gasteiger partial charge on any atom is -0.460 e. The van der Waals surface area contributed by atoms with Crippen molar-refractivity contribution in [2.45, 2.75) is 77.2 Å². The highest BCUT2D eigenvalue weighted by Crippen LogP contribution is 2.46. The van der Waals surface area contributed by atoms with Crippen molar-refractivity contribution < 1.29 is 33.0 Å². The number of nitrogens with zero attached hydrogens (tertiary/aromatic N) is 2. The summed E-state index contributed by atoms with van der Waals surface area (Å²) < 4.78 is 28.0. The summed E-state index contributed by atoms with van der Waals surface area (Å²) in [6.07, 6.45) is 2.75. The number of carbonyl (C=O) groups is 4. The Kier molecular flexibility index (Phi) is 7.58. The van der Waals surface area contributed by atoms with Gasteiger partial charge in [0.25, 0.3) is 5.56 Å². The molecule has 1 fully saturated rings. The monoisotopic (exact) mass is 631 g/mol. The number of aromatic nitrogens is 2. The molecule has 12 nitrogen and oxygen atoms in total. The number of carbonyl (C=O) groups excluding carboxylic acids is 4. The lowest BCUT2D eigenvalue weighted by Gasteiger charge is -2.31. The van der Waals surface area contributed by atoms with E-state index in [9.17, 15) is 24.0 Å². The average molecular weight is 632 g/mol. The molecule has 13 heteroatoms. The van der Waals surface area contributed by atoms with E-state index >= 15 is 4.39 Å². The number of ether oxygens (including phenoxy) is 2. The van der Waals surface area contributed by atoms with E-state index in [-0.39, 0.29) is 55.6 Å². The topological polar surface area (TPSA) is 158 Å². The van der Waals surface area contributed by atoms with Crippen molar-refractivity contribution >= 4 is 35.1 Å². The van der Waals surface area contributed by atoms with Gasteiger partial charge in [0, 0.05) is 17.0 Å². The summed E-state index contributed by atoms with van der Waals surface area (Å²) >= 11 is 0. The maximum atomic E-state index is 15.2. The molecule has 3 aromatic rings. The number of esters is 1. The van der Waals surface area contributed by atoms with Gasteiger partial charge in [0.2, 0.25) is 18.2 Å². The fourth-order valence-corrected chi connectivity index (χ4v) is 7.21. The van der Waals surface area contributed by atoms with Crippen molar-refractivity contribution in [3.63, 3.8) is 0 Å². The molecule has 3 N–H and O–H groups in total. The average Bonchev–Trinajstić information content (AvgIpc) is 3.81. The SMILES string of the molecule is CCC1C(=O)OCc2c1cc1n(c2=O)Cc2c-1nc1cc(F)c(C)c3c1c2C(NC(=O)C(OCNC(=O)CNC=O)C1CC1)CC3. The minimum absolute atomic E-state index is 0.00554. The van der Waals surface area contributed by atoms with Crippen LogP contribution >= 0.6 is 0 Å². The molecule has 240 valence electrons. The zero-order valence-electron chi connectivity index (χ0n) is 25.5. The van der Waals surface area contributed by atoms with Crippen LogP contribution in [-0.2, 0) is 48.2 Å². The van der Waals surface area contributed by atoms with Crippen molar-refractivity contribution in [1.82, 2.24) is 25.5 Å². The van der Waals surface area contributed by atoms with Crippen LogP contribution in [0, 0.1) is 18.7 Å². The van der Waals surface area contributed by atoms with Crippen molar-refractivity contribution in [2.75, 3.05) is 13.3 Å². The van der Waals surface area contributed by atoms with E-state index in [1.807, 2.05) is 13.0 Å². The van der Waals surface area contributed by atoms with Crippen LogP contribution in [-0.4, -0.2) is 53.1 Å². The Bertz CT molecular complexity index is 1880. The van der Waals surface area contributed by atoms with Gasteiger partial charge in [0.15, 0.2) is 0 Å². The molecule has 0 saturated heterocycles. The molecule has 7 rings (SSSR count). The molecular weight excluding hydrogens is 597 g/mol. The lowest BCUT2D eigenvalue weighted by atomic mass is 9.81. The van der Waals surface area contributed by atoms with Crippen molar-refractivity contribution in [1.29, 1.82) is 0 Å². The summed E-state index contributed by atoms with van der Waals surface area (Å²) in [5.74, 6) is -2.06. The number of hydrogen-bond donors (Lipinski definition) is 3. The van der Waals surface area contributed by atoms with E-state index < -0.39 is 24.0 Å². The summed E-state index contributed by atoms with van der Waals surface area (Å²) in [4.78, 5) is 67.4. The van der Waals surface area contributed by atoms with Crippen LogP contribution in [0.5, 0.6) is 0 Å². The van der Waals surface area contributed by atoms with E-state index in [0.717, 1.165) is 34.9 Å². The van der Waals surface area contributed by atoms with Gasteiger partial charge in [-0.2, -0.15) is 0 Å². The van der Waals surface area contributed by atoms with Crippen LogP contribution in [0.25, 0.3) is 22.3 Å². The van der Waals surface area contributed by atoms with E-state index in [1.54, 1.807) is 11.5 Å². The molecule has 2 aliphatic carbocycles. The van der Waals surface area contributed by atoms with Gasteiger partial charge >= 0.3 is 5.97 Å². The van der Waals surface area contributed by atoms with Crippen molar-refractivity contribution in [3.05, 3.63) is 61.7 Å². The number of pyridine rings is 2. The summed E-state index contributed by atoms with van der Waals surface area (Å²) in [5, 5.41) is 8.79. The van der Waals surface area contributed by atoms with Gasteiger partial charge in [-0.15, -0.1) is 0 Å². The zero-order chi connectivity index (χ0) is 32.3. The Morgan fingerprint density at radius 2 is 2.00 bits per heavy atom. The Balaban J connectivity index is 1.27. The maximum Gasteiger partial charge on any atom is 0.313 e. The van der Waals surface area contributed by atoms with Gasteiger partial charge in [0.05, 0.1) is 47.5 Å². The molecule has 2 aliphatic heterocycles. The molecule has 1 aromatic carbocycles. The summed E-state index contributed by atoms with van der Waals surface area (Å²) in [6, 6.07) is 2.79. The van der Waals surface area contributed by atoms with E-state index in [4.69, 9.17) is 14.5 Å². The summed E-state index contributed by atoms with van der Waals surface area (Å²) in [5.41, 5.74) is 5.32. The third kappa shape index (κ3) is 4.93. The molecule has 0 bridgehead atoms. The molecule has 3 unspecified atom stereocenters. The second-order valence-electron chi connectivity index (χ2n) is 12.4. The molecule has 2 aromatic heterocycles. The highest BCUT2D eigenvalue weighted by Gasteiger charge is 2.41. The molecule has 4 heterocycles. The number of cyclic esters (lactones) is 1. The third-order valence-electron chi connectivity index (χ3n) is 9.70. The molecule has 3 amide bonds. The van der Waals surface area contributed by atoms with Crippen LogP contribution in [0.3, 0.4) is 0 Å². The van der Waals surface area contributed by atoms with Crippen LogP contribution in [0.4, 0.5) is 4.39 Å². The quantitative estimate of drug-likeness (QED) is 0.137. The Morgan fingerprint density at radius 3 is 2.74 bits per heavy atom. The van der Waals surface area contributed by atoms with Gasteiger partial charge in [-0.25, -0.2) is 9.37 Å². The fourth-order valence-electron chi connectivity index (χ4n) is 7.21. The minimum atomic E-state index is -0.795. The van der Waals surface area contributed by atoms with Crippen LogP contribution in [0.1, 0.15) is 77.9 Å². The summed E-state index contributed by atoms with van der Waals surface area (Å²) in [7, 11) is 0. The number of hydrogen-bond acceptors (Lipinski definition) is 8. The van der Waals surface area contributed by atoms with E-state index in [1.165, 1.54) is 6.07 Å². The first-order chi connectivity index (χ1) is 22.2. The smallest absolute Gasteiger partial charge is 0.313 e. The largest absolute Gasteiger partial charge is 0.460 e. The number of aryl methyl sites for hydroxylation is 1. The second-order valence-corrected chi connectivity index (χ2v) is 12.4. The maximum absolute atomic E-state index is 15.2. The normalized spacial score (nSPS) is 19.8. The first kappa shape index (κ1) is 30.0. The molecule has 1 saturated carbocycles. The van der Waals surface area contributed by atoms with Gasteiger partial charge in [0.1, 0.15) is 25.3 Å². The lowest BCUT2D eigenvalue weighted by Crippen LogP contribution is -2.43. The first-order valence-corrected chi connectivity index (χ1v) is 15.7. The molecule has 3 atom stereocenters. The van der Waals surface area contributed by atoms with Gasteiger partial charge in [-0.1, -0.05) is 6.92 Å². The number of fused-ring (bicyclic) bond motifs is 5. The number of nitrogens with one attached hydrogen (secondary N) is 3. The Morgan fingerprint density at radius 1 is 1.20 bits per heavy atom. The number of rotatable bonds is 10. The Labute approximate surface area is 263 Å². The number of halogens is 1.